The molecule has 0 heterocycles. The van der Waals surface area contributed by atoms with E-state index >= 15 is 0 Å². The number of hydrogen-bond donors (Lipinski definition) is 1. The van der Waals surface area contributed by atoms with Gasteiger partial charge in [-0.1, -0.05) is 22.9 Å². The molecule has 6 heteroatoms. The van der Waals surface area contributed by atoms with Gasteiger partial charge in [0.2, 0.25) is 0 Å². The van der Waals surface area contributed by atoms with Crippen LogP contribution in [0.15, 0.2) is 22.7 Å². The SMILES string of the molecule is CCNC(CCC(F)(F)F)c1cc(F)cc(Br)c1. The smallest absolute Gasteiger partial charge is 0.310 e. The molecular formula is C12H14BrF4N. The summed E-state index contributed by atoms with van der Waals surface area (Å²) in [5, 5.41) is 2.94. The van der Waals surface area contributed by atoms with E-state index in [2.05, 4.69) is 21.2 Å². The average molecular weight is 328 g/mol. The molecule has 0 bridgehead atoms. The molecule has 1 aromatic carbocycles. The minimum atomic E-state index is -4.20. The maximum Gasteiger partial charge on any atom is 0.389 e. The van der Waals surface area contributed by atoms with Crippen LogP contribution in [0, 0.1) is 5.82 Å². The molecule has 0 aliphatic carbocycles. The normalized spacial score (nSPS) is 13.7. The molecule has 0 fully saturated rings. The van der Waals surface area contributed by atoms with Crippen molar-refractivity contribution >= 4 is 15.9 Å². The fraction of sp³-hybridized carbons (Fsp3) is 0.500. The third-order valence-electron chi connectivity index (χ3n) is 2.45. The van der Waals surface area contributed by atoms with Gasteiger partial charge in [0.25, 0.3) is 0 Å². The summed E-state index contributed by atoms with van der Waals surface area (Å²) in [5.74, 6) is -0.464. The lowest BCUT2D eigenvalue weighted by atomic mass is 10.0. The Balaban J connectivity index is 2.83. The minimum absolute atomic E-state index is 0.104. The molecule has 1 atom stereocenters. The second kappa shape index (κ2) is 6.52. The van der Waals surface area contributed by atoms with Crippen LogP contribution in [-0.2, 0) is 0 Å². The number of hydrogen-bond acceptors (Lipinski definition) is 1. The highest BCUT2D eigenvalue weighted by Crippen LogP contribution is 2.29. The summed E-state index contributed by atoms with van der Waals surface area (Å²) >= 11 is 3.13. The van der Waals surface area contributed by atoms with E-state index in [4.69, 9.17) is 0 Å². The molecule has 0 amide bonds. The lowest BCUT2D eigenvalue weighted by molar-refractivity contribution is -0.136. The van der Waals surface area contributed by atoms with Crippen molar-refractivity contribution in [3.8, 4) is 0 Å². The van der Waals surface area contributed by atoms with Crippen molar-refractivity contribution in [3.63, 3.8) is 0 Å². The van der Waals surface area contributed by atoms with Gasteiger partial charge in [-0.05, 0) is 36.7 Å². The molecule has 1 unspecified atom stereocenters. The molecule has 1 aromatic rings. The third kappa shape index (κ3) is 5.35. The molecule has 0 aliphatic rings. The summed E-state index contributed by atoms with van der Waals surface area (Å²) in [7, 11) is 0. The van der Waals surface area contributed by atoms with Crippen LogP contribution >= 0.6 is 15.9 Å². The van der Waals surface area contributed by atoms with Crippen LogP contribution in [0.1, 0.15) is 31.4 Å². The van der Waals surface area contributed by atoms with Gasteiger partial charge in [0, 0.05) is 16.9 Å². The van der Waals surface area contributed by atoms with E-state index in [-0.39, 0.29) is 6.42 Å². The van der Waals surface area contributed by atoms with Gasteiger partial charge in [-0.2, -0.15) is 13.2 Å². The lowest BCUT2D eigenvalue weighted by Crippen LogP contribution is -2.23. The average Bonchev–Trinajstić information content (AvgIpc) is 2.21. The summed E-state index contributed by atoms with van der Waals surface area (Å²) < 4.78 is 50.4. The minimum Gasteiger partial charge on any atom is -0.310 e. The fourth-order valence-electron chi connectivity index (χ4n) is 1.72. The molecule has 102 valence electrons. The molecule has 1 N–H and O–H groups in total. The first-order chi connectivity index (χ1) is 8.31. The van der Waals surface area contributed by atoms with Crippen molar-refractivity contribution in [2.24, 2.45) is 0 Å². The lowest BCUT2D eigenvalue weighted by Gasteiger charge is -2.19. The van der Waals surface area contributed by atoms with Crippen molar-refractivity contribution in [2.75, 3.05) is 6.54 Å². The van der Waals surface area contributed by atoms with E-state index in [1.165, 1.54) is 12.1 Å². The Hall–Kier alpha value is -0.620. The number of rotatable bonds is 5. The second-order valence-electron chi connectivity index (χ2n) is 3.97. The molecule has 0 spiro atoms. The first-order valence-corrected chi connectivity index (χ1v) is 6.37. The van der Waals surface area contributed by atoms with E-state index in [0.29, 0.717) is 16.6 Å². The van der Waals surface area contributed by atoms with Crippen molar-refractivity contribution in [3.05, 3.63) is 34.1 Å². The molecule has 0 saturated heterocycles. The third-order valence-corrected chi connectivity index (χ3v) is 2.91. The number of alkyl halides is 3. The van der Waals surface area contributed by atoms with E-state index < -0.39 is 24.5 Å². The Morgan fingerprint density at radius 2 is 1.94 bits per heavy atom. The maximum atomic E-state index is 13.2. The Morgan fingerprint density at radius 1 is 1.28 bits per heavy atom. The van der Waals surface area contributed by atoms with E-state index in [1.54, 1.807) is 13.0 Å². The molecule has 1 rings (SSSR count). The van der Waals surface area contributed by atoms with Gasteiger partial charge in [-0.3, -0.25) is 0 Å². The maximum absolute atomic E-state index is 13.2. The first-order valence-electron chi connectivity index (χ1n) is 5.58. The summed E-state index contributed by atoms with van der Waals surface area (Å²) in [6, 6.07) is 3.67. The van der Waals surface area contributed by atoms with Crippen molar-refractivity contribution in [1.82, 2.24) is 5.32 Å². The largest absolute Gasteiger partial charge is 0.389 e. The molecule has 0 aliphatic heterocycles. The highest BCUT2D eigenvalue weighted by molar-refractivity contribution is 9.10. The summed E-state index contributed by atoms with van der Waals surface area (Å²) in [6.07, 6.45) is -5.19. The van der Waals surface area contributed by atoms with Gasteiger partial charge in [-0.15, -0.1) is 0 Å². The van der Waals surface area contributed by atoms with E-state index in [9.17, 15) is 17.6 Å². The van der Waals surface area contributed by atoms with Crippen LogP contribution in [0.3, 0.4) is 0 Å². The summed E-state index contributed by atoms with van der Waals surface area (Å²) in [6.45, 7) is 2.32. The number of nitrogens with one attached hydrogen (secondary N) is 1. The standard InChI is InChI=1S/C12H14BrF4N/c1-2-18-11(3-4-12(15,16)17)8-5-9(13)7-10(14)6-8/h5-7,11,18H,2-4H2,1H3. The zero-order valence-corrected chi connectivity index (χ0v) is 11.4. The second-order valence-corrected chi connectivity index (χ2v) is 4.88. The van der Waals surface area contributed by atoms with E-state index in [0.717, 1.165) is 0 Å². The van der Waals surface area contributed by atoms with Gasteiger partial charge in [0.15, 0.2) is 0 Å². The number of benzene rings is 1. The predicted molar refractivity (Wildman–Crippen MR) is 65.8 cm³/mol. The zero-order chi connectivity index (χ0) is 13.8. The Kier molecular flexibility index (Phi) is 5.59. The summed E-state index contributed by atoms with van der Waals surface area (Å²) in [4.78, 5) is 0. The number of halogens is 5. The Morgan fingerprint density at radius 3 is 2.44 bits per heavy atom. The Bertz CT molecular complexity index is 372. The zero-order valence-electron chi connectivity index (χ0n) is 9.82. The highest BCUT2D eigenvalue weighted by Gasteiger charge is 2.28. The highest BCUT2D eigenvalue weighted by atomic mass is 79.9. The molecule has 1 nitrogen and oxygen atoms in total. The summed E-state index contributed by atoms with van der Waals surface area (Å²) in [5.41, 5.74) is 0.521. The topological polar surface area (TPSA) is 12.0 Å². The van der Waals surface area contributed by atoms with Crippen LogP contribution in [0.5, 0.6) is 0 Å². The predicted octanol–water partition coefficient (Wildman–Crippen LogP) is 4.58. The molecule has 18 heavy (non-hydrogen) atoms. The van der Waals surface area contributed by atoms with Crippen LogP contribution in [0.25, 0.3) is 0 Å². The van der Waals surface area contributed by atoms with Crippen LogP contribution in [-0.4, -0.2) is 12.7 Å². The Labute approximate surface area is 112 Å². The molecule has 0 radical (unpaired) electrons. The molecule has 0 aromatic heterocycles. The van der Waals surface area contributed by atoms with Crippen LogP contribution < -0.4 is 5.32 Å². The van der Waals surface area contributed by atoms with Crippen LogP contribution in [0.4, 0.5) is 17.6 Å². The van der Waals surface area contributed by atoms with Gasteiger partial charge < -0.3 is 5.32 Å². The van der Waals surface area contributed by atoms with E-state index in [1.807, 2.05) is 0 Å². The molecular weight excluding hydrogens is 314 g/mol. The van der Waals surface area contributed by atoms with Crippen molar-refractivity contribution < 1.29 is 17.6 Å². The van der Waals surface area contributed by atoms with Crippen LogP contribution in [0.2, 0.25) is 0 Å². The van der Waals surface area contributed by atoms with Gasteiger partial charge in [-0.25, -0.2) is 4.39 Å². The van der Waals surface area contributed by atoms with Crippen molar-refractivity contribution in [1.29, 1.82) is 0 Å². The van der Waals surface area contributed by atoms with Gasteiger partial charge >= 0.3 is 6.18 Å². The molecule has 0 saturated carbocycles. The van der Waals surface area contributed by atoms with Crippen molar-refractivity contribution in [2.45, 2.75) is 32.0 Å². The first kappa shape index (κ1) is 15.4. The van der Waals surface area contributed by atoms with Gasteiger partial charge in [0.1, 0.15) is 5.82 Å². The van der Waals surface area contributed by atoms with Gasteiger partial charge in [0.05, 0.1) is 0 Å². The quantitative estimate of drug-likeness (QED) is 0.780. The monoisotopic (exact) mass is 327 g/mol. The fourth-order valence-corrected chi connectivity index (χ4v) is 2.20.